The van der Waals surface area contributed by atoms with Gasteiger partial charge in [-0.05, 0) is 30.7 Å². The summed E-state index contributed by atoms with van der Waals surface area (Å²) in [6, 6.07) is 12.8. The molecule has 8 heteroatoms. The first kappa shape index (κ1) is 18.8. The zero-order valence-electron chi connectivity index (χ0n) is 13.8. The number of hydrogen-bond acceptors (Lipinski definition) is 5. The van der Waals surface area contributed by atoms with E-state index in [1.807, 2.05) is 31.2 Å². The van der Waals surface area contributed by atoms with Crippen molar-refractivity contribution in [3.63, 3.8) is 0 Å². The highest BCUT2D eigenvalue weighted by atomic mass is 35.5. The summed E-state index contributed by atoms with van der Waals surface area (Å²) in [6.07, 6.45) is 0.258. The molecule has 0 aliphatic heterocycles. The number of para-hydroxylation sites is 1. The van der Waals surface area contributed by atoms with Crippen LogP contribution in [0.25, 0.3) is 11.5 Å². The molecule has 0 aliphatic rings. The maximum atomic E-state index is 12.1. The molecule has 0 aliphatic carbocycles. The third kappa shape index (κ3) is 4.58. The largest absolute Gasteiger partial charge is 0.411 e. The molecule has 0 radical (unpaired) electrons. The van der Waals surface area contributed by atoms with Crippen molar-refractivity contribution in [1.29, 1.82) is 0 Å². The summed E-state index contributed by atoms with van der Waals surface area (Å²) in [5.41, 5.74) is 2.38. The zero-order chi connectivity index (χ0) is 18.5. The number of thioether (sulfide) groups is 1. The van der Waals surface area contributed by atoms with Gasteiger partial charge in [0.25, 0.3) is 5.22 Å². The molecule has 0 saturated carbocycles. The Bertz CT molecular complexity index is 910. The fourth-order valence-corrected chi connectivity index (χ4v) is 3.43. The Kier molecular flexibility index (Phi) is 6.19. The van der Waals surface area contributed by atoms with Crippen LogP contribution in [0.5, 0.6) is 0 Å². The molecule has 1 amide bonds. The average molecular weight is 408 g/mol. The Hall–Kier alpha value is -2.02. The maximum absolute atomic E-state index is 12.1. The van der Waals surface area contributed by atoms with E-state index >= 15 is 0 Å². The smallest absolute Gasteiger partial charge is 0.276 e. The Labute approximate surface area is 165 Å². The molecule has 0 fully saturated rings. The summed E-state index contributed by atoms with van der Waals surface area (Å²) in [5.74, 6) is 0.771. The number of nitrogens with one attached hydrogen (secondary N) is 1. The van der Waals surface area contributed by atoms with E-state index in [1.165, 1.54) is 11.8 Å². The van der Waals surface area contributed by atoms with Crippen LogP contribution in [0.1, 0.15) is 12.0 Å². The van der Waals surface area contributed by atoms with E-state index < -0.39 is 0 Å². The first-order valence-electron chi connectivity index (χ1n) is 7.81. The Balaban J connectivity index is 1.54. The topological polar surface area (TPSA) is 68.0 Å². The van der Waals surface area contributed by atoms with Crippen molar-refractivity contribution in [3.8, 4) is 11.5 Å². The van der Waals surface area contributed by atoms with Gasteiger partial charge in [0.05, 0.1) is 15.7 Å². The van der Waals surface area contributed by atoms with E-state index in [0.717, 1.165) is 11.1 Å². The number of aryl methyl sites for hydroxylation is 1. The minimum Gasteiger partial charge on any atom is -0.411 e. The zero-order valence-corrected chi connectivity index (χ0v) is 16.2. The summed E-state index contributed by atoms with van der Waals surface area (Å²) in [7, 11) is 0. The predicted octanol–water partition coefficient (Wildman–Crippen LogP) is 5.47. The second-order valence-electron chi connectivity index (χ2n) is 5.43. The standard InChI is InChI=1S/C18H15Cl2N3O2S/c1-11-5-2-3-6-12(11)17-22-23-18(25-17)26-10-9-15(24)21-16-13(19)7-4-8-14(16)20/h2-8H,9-10H2,1H3,(H,21,24). The number of nitrogens with zero attached hydrogens (tertiary/aromatic N) is 2. The van der Waals surface area contributed by atoms with Crippen LogP contribution in [0.15, 0.2) is 52.1 Å². The van der Waals surface area contributed by atoms with Gasteiger partial charge in [-0.3, -0.25) is 4.79 Å². The number of anilines is 1. The molecule has 134 valence electrons. The van der Waals surface area contributed by atoms with Gasteiger partial charge in [-0.2, -0.15) is 0 Å². The van der Waals surface area contributed by atoms with Crippen molar-refractivity contribution in [2.75, 3.05) is 11.1 Å². The fraction of sp³-hybridized carbons (Fsp3) is 0.167. The van der Waals surface area contributed by atoms with Crippen LogP contribution in [0.4, 0.5) is 5.69 Å². The lowest BCUT2D eigenvalue weighted by molar-refractivity contribution is -0.115. The first-order valence-corrected chi connectivity index (χ1v) is 9.55. The molecular weight excluding hydrogens is 393 g/mol. The monoisotopic (exact) mass is 407 g/mol. The fourth-order valence-electron chi connectivity index (χ4n) is 2.24. The molecule has 0 spiro atoms. The number of hydrogen-bond donors (Lipinski definition) is 1. The van der Waals surface area contributed by atoms with Crippen LogP contribution in [-0.4, -0.2) is 21.9 Å². The summed E-state index contributed by atoms with van der Waals surface area (Å²) >= 11 is 13.4. The number of carbonyl (C=O) groups is 1. The molecule has 0 saturated heterocycles. The number of carbonyl (C=O) groups excluding carboxylic acids is 1. The lowest BCUT2D eigenvalue weighted by Gasteiger charge is -2.08. The van der Waals surface area contributed by atoms with Gasteiger partial charge in [0.2, 0.25) is 11.8 Å². The van der Waals surface area contributed by atoms with Gasteiger partial charge >= 0.3 is 0 Å². The predicted molar refractivity (Wildman–Crippen MR) is 105 cm³/mol. The van der Waals surface area contributed by atoms with E-state index in [9.17, 15) is 4.79 Å². The van der Waals surface area contributed by atoms with Crippen LogP contribution in [-0.2, 0) is 4.79 Å². The van der Waals surface area contributed by atoms with Crippen LogP contribution in [0.2, 0.25) is 10.0 Å². The third-order valence-electron chi connectivity index (χ3n) is 3.56. The average Bonchev–Trinajstić information content (AvgIpc) is 3.07. The molecule has 3 rings (SSSR count). The highest BCUT2D eigenvalue weighted by Gasteiger charge is 2.13. The molecule has 0 atom stereocenters. The Morgan fingerprint density at radius 2 is 1.85 bits per heavy atom. The van der Waals surface area contributed by atoms with Crippen LogP contribution < -0.4 is 5.32 Å². The summed E-state index contributed by atoms with van der Waals surface area (Å²) < 4.78 is 5.66. The summed E-state index contributed by atoms with van der Waals surface area (Å²) in [6.45, 7) is 1.98. The number of aromatic nitrogens is 2. The molecule has 0 unspecified atom stereocenters. The second-order valence-corrected chi connectivity index (χ2v) is 7.29. The van der Waals surface area contributed by atoms with E-state index in [2.05, 4.69) is 15.5 Å². The quantitative estimate of drug-likeness (QED) is 0.548. The van der Waals surface area contributed by atoms with Crippen molar-refractivity contribution in [2.45, 2.75) is 18.6 Å². The van der Waals surface area contributed by atoms with Gasteiger partial charge in [-0.25, -0.2) is 0 Å². The summed E-state index contributed by atoms with van der Waals surface area (Å²) in [4.78, 5) is 12.1. The number of rotatable bonds is 6. The molecule has 5 nitrogen and oxygen atoms in total. The number of amides is 1. The molecule has 1 aromatic heterocycles. The number of halogens is 2. The minimum atomic E-state index is -0.189. The van der Waals surface area contributed by atoms with Gasteiger partial charge in [-0.1, -0.05) is 59.2 Å². The van der Waals surface area contributed by atoms with E-state index in [1.54, 1.807) is 18.2 Å². The molecule has 0 bridgehead atoms. The van der Waals surface area contributed by atoms with E-state index in [4.69, 9.17) is 27.6 Å². The molecular formula is C18H15Cl2N3O2S. The van der Waals surface area contributed by atoms with E-state index in [-0.39, 0.29) is 12.3 Å². The Morgan fingerprint density at radius 3 is 2.58 bits per heavy atom. The molecule has 1 N–H and O–H groups in total. The van der Waals surface area contributed by atoms with Gasteiger partial charge in [-0.15, -0.1) is 10.2 Å². The van der Waals surface area contributed by atoms with Gasteiger partial charge in [0.1, 0.15) is 0 Å². The molecule has 26 heavy (non-hydrogen) atoms. The molecule has 1 heterocycles. The van der Waals surface area contributed by atoms with Crippen LogP contribution in [0.3, 0.4) is 0 Å². The highest BCUT2D eigenvalue weighted by Crippen LogP contribution is 2.30. The summed E-state index contributed by atoms with van der Waals surface area (Å²) in [5, 5.41) is 12.0. The maximum Gasteiger partial charge on any atom is 0.276 e. The van der Waals surface area contributed by atoms with Crippen LogP contribution >= 0.6 is 35.0 Å². The van der Waals surface area contributed by atoms with Gasteiger partial charge < -0.3 is 9.73 Å². The van der Waals surface area contributed by atoms with Crippen molar-refractivity contribution in [2.24, 2.45) is 0 Å². The number of benzene rings is 2. The van der Waals surface area contributed by atoms with Crippen LogP contribution in [0, 0.1) is 6.92 Å². The van der Waals surface area contributed by atoms with Crippen molar-refractivity contribution in [3.05, 3.63) is 58.1 Å². The van der Waals surface area contributed by atoms with Gasteiger partial charge in [0.15, 0.2) is 0 Å². The van der Waals surface area contributed by atoms with Gasteiger partial charge in [0, 0.05) is 17.7 Å². The van der Waals surface area contributed by atoms with Crippen molar-refractivity contribution < 1.29 is 9.21 Å². The molecule has 2 aromatic carbocycles. The van der Waals surface area contributed by atoms with Crippen molar-refractivity contribution in [1.82, 2.24) is 10.2 Å². The molecule has 3 aromatic rings. The SMILES string of the molecule is Cc1ccccc1-c1nnc(SCCC(=O)Nc2c(Cl)cccc2Cl)o1. The second kappa shape index (κ2) is 8.58. The minimum absolute atomic E-state index is 0.189. The highest BCUT2D eigenvalue weighted by molar-refractivity contribution is 7.99. The third-order valence-corrected chi connectivity index (χ3v) is 5.01. The Morgan fingerprint density at radius 1 is 1.12 bits per heavy atom. The normalized spacial score (nSPS) is 10.7. The van der Waals surface area contributed by atoms with E-state index in [0.29, 0.717) is 32.6 Å². The first-order chi connectivity index (χ1) is 12.5. The van der Waals surface area contributed by atoms with Crippen molar-refractivity contribution >= 4 is 46.6 Å². The lowest BCUT2D eigenvalue weighted by Crippen LogP contribution is -2.12. The lowest BCUT2D eigenvalue weighted by atomic mass is 10.1.